The van der Waals surface area contributed by atoms with E-state index in [-0.39, 0.29) is 0 Å². The van der Waals surface area contributed by atoms with Gasteiger partial charge in [-0.2, -0.15) is 0 Å². The first kappa shape index (κ1) is 20.0. The number of fused-ring (bicyclic) bond motifs is 2. The second-order valence-corrected chi connectivity index (χ2v) is 7.62. The van der Waals surface area contributed by atoms with Crippen molar-refractivity contribution in [1.82, 2.24) is 0 Å². The number of aliphatic hydroxyl groups is 2. The summed E-state index contributed by atoms with van der Waals surface area (Å²) >= 11 is 0. The molecule has 0 saturated heterocycles. The van der Waals surface area contributed by atoms with Gasteiger partial charge in [0.2, 0.25) is 0 Å². The van der Waals surface area contributed by atoms with Crippen LogP contribution in [0.3, 0.4) is 0 Å². The Labute approximate surface area is 162 Å². The molecule has 2 aromatic rings. The Balaban J connectivity index is 2.12. The molecule has 2 N–H and O–H groups in total. The molecule has 1 aliphatic carbocycles. The van der Waals surface area contributed by atoms with Gasteiger partial charge in [-0.05, 0) is 51.5 Å². The van der Waals surface area contributed by atoms with Gasteiger partial charge in [0, 0.05) is 21.9 Å². The van der Waals surface area contributed by atoms with Crippen LogP contribution in [0.25, 0.3) is 10.8 Å². The number of ether oxygens (including phenoxy) is 2. The number of hydrogen-bond donors (Lipinski definition) is 2. The third kappa shape index (κ3) is 4.39. The first-order valence-electron chi connectivity index (χ1n) is 10.2. The van der Waals surface area contributed by atoms with Crippen LogP contribution in [0.4, 0.5) is 0 Å². The van der Waals surface area contributed by atoms with Crippen molar-refractivity contribution in [3.05, 3.63) is 34.9 Å². The van der Waals surface area contributed by atoms with Gasteiger partial charge >= 0.3 is 0 Å². The fourth-order valence-corrected chi connectivity index (χ4v) is 3.70. The van der Waals surface area contributed by atoms with Crippen LogP contribution in [0.5, 0.6) is 11.5 Å². The van der Waals surface area contributed by atoms with E-state index in [0.29, 0.717) is 26.1 Å². The molecule has 1 aliphatic rings. The summed E-state index contributed by atoms with van der Waals surface area (Å²) in [6, 6.07) is 6.32. The molecule has 0 bridgehead atoms. The zero-order valence-corrected chi connectivity index (χ0v) is 16.8. The molecule has 3 rings (SSSR count). The van der Waals surface area contributed by atoms with Crippen molar-refractivity contribution in [1.29, 1.82) is 0 Å². The number of aliphatic hydroxyl groups excluding tert-OH is 2. The van der Waals surface area contributed by atoms with E-state index in [0.717, 1.165) is 48.0 Å². The maximum Gasteiger partial charge on any atom is 0.131 e. The average Bonchev–Trinajstić information content (AvgIpc) is 2.69. The minimum Gasteiger partial charge on any atom is -0.490 e. The smallest absolute Gasteiger partial charge is 0.131 e. The Morgan fingerprint density at radius 2 is 1.37 bits per heavy atom. The first-order valence-corrected chi connectivity index (χ1v) is 10.2. The molecule has 148 valence electrons. The lowest BCUT2D eigenvalue weighted by atomic mass is 9.86. The van der Waals surface area contributed by atoms with Crippen LogP contribution in [0.1, 0.15) is 56.2 Å². The number of rotatable bonds is 8. The van der Waals surface area contributed by atoms with Crippen molar-refractivity contribution in [2.24, 2.45) is 0 Å². The molecule has 4 heteroatoms. The van der Waals surface area contributed by atoms with Gasteiger partial charge in [-0.3, -0.25) is 0 Å². The van der Waals surface area contributed by atoms with Crippen molar-refractivity contribution in [3.63, 3.8) is 0 Å². The summed E-state index contributed by atoms with van der Waals surface area (Å²) in [5.41, 5.74) is 3.59. The van der Waals surface area contributed by atoms with E-state index in [1.807, 2.05) is 13.8 Å². The second kappa shape index (κ2) is 8.94. The molecule has 2 unspecified atom stereocenters. The Morgan fingerprint density at radius 1 is 0.852 bits per heavy atom. The first-order chi connectivity index (χ1) is 13.0. The van der Waals surface area contributed by atoms with E-state index in [2.05, 4.69) is 25.1 Å². The highest BCUT2D eigenvalue weighted by Crippen LogP contribution is 2.44. The summed E-state index contributed by atoms with van der Waals surface area (Å²) in [4.78, 5) is 0. The van der Waals surface area contributed by atoms with E-state index in [1.54, 1.807) is 0 Å². The Hall–Kier alpha value is -1.78. The predicted octanol–water partition coefficient (Wildman–Crippen LogP) is 4.33. The zero-order valence-electron chi connectivity index (χ0n) is 16.8. The Morgan fingerprint density at radius 3 is 1.89 bits per heavy atom. The van der Waals surface area contributed by atoms with E-state index in [1.165, 1.54) is 16.7 Å². The SMILES string of the molecule is CCC(O)COc1c2c(c(OCC(O)CC)c3cc(C)ccc13)CCCC2. The van der Waals surface area contributed by atoms with Crippen molar-refractivity contribution < 1.29 is 19.7 Å². The predicted molar refractivity (Wildman–Crippen MR) is 109 cm³/mol. The highest BCUT2D eigenvalue weighted by atomic mass is 16.5. The van der Waals surface area contributed by atoms with Gasteiger partial charge in [0.1, 0.15) is 24.7 Å². The van der Waals surface area contributed by atoms with Crippen LogP contribution >= 0.6 is 0 Å². The molecule has 0 aliphatic heterocycles. The molecule has 0 aromatic heterocycles. The second-order valence-electron chi connectivity index (χ2n) is 7.62. The molecular formula is C23H32O4. The summed E-state index contributed by atoms with van der Waals surface area (Å²) in [6.07, 6.45) is 4.62. The fraction of sp³-hybridized carbons (Fsp3) is 0.565. The van der Waals surface area contributed by atoms with Crippen molar-refractivity contribution in [2.45, 2.75) is 71.5 Å². The van der Waals surface area contributed by atoms with Crippen LogP contribution < -0.4 is 9.47 Å². The summed E-state index contributed by atoms with van der Waals surface area (Å²) in [6.45, 7) is 6.61. The van der Waals surface area contributed by atoms with Crippen molar-refractivity contribution >= 4 is 10.8 Å². The largest absolute Gasteiger partial charge is 0.490 e. The van der Waals surface area contributed by atoms with Crippen LogP contribution in [-0.4, -0.2) is 35.6 Å². The highest BCUT2D eigenvalue weighted by molar-refractivity contribution is 5.96. The quantitative estimate of drug-likeness (QED) is 0.724. The molecule has 2 atom stereocenters. The summed E-state index contributed by atoms with van der Waals surface area (Å²) in [5, 5.41) is 22.1. The van der Waals surface area contributed by atoms with Gasteiger partial charge in [-0.25, -0.2) is 0 Å². The van der Waals surface area contributed by atoms with Crippen LogP contribution in [0.2, 0.25) is 0 Å². The molecule has 27 heavy (non-hydrogen) atoms. The van der Waals surface area contributed by atoms with Crippen LogP contribution in [0.15, 0.2) is 18.2 Å². The average molecular weight is 373 g/mol. The molecule has 0 spiro atoms. The van der Waals surface area contributed by atoms with Gasteiger partial charge < -0.3 is 19.7 Å². The number of hydrogen-bond acceptors (Lipinski definition) is 4. The van der Waals surface area contributed by atoms with Gasteiger partial charge in [0.15, 0.2) is 0 Å². The summed E-state index contributed by atoms with van der Waals surface area (Å²) in [5.74, 6) is 1.80. The van der Waals surface area contributed by atoms with E-state index in [4.69, 9.17) is 9.47 Å². The number of benzene rings is 2. The number of aryl methyl sites for hydroxylation is 1. The maximum atomic E-state index is 10.00. The highest BCUT2D eigenvalue weighted by Gasteiger charge is 2.24. The molecule has 0 heterocycles. The molecule has 4 nitrogen and oxygen atoms in total. The van der Waals surface area contributed by atoms with Crippen LogP contribution in [-0.2, 0) is 12.8 Å². The lowest BCUT2D eigenvalue weighted by molar-refractivity contribution is 0.102. The van der Waals surface area contributed by atoms with Gasteiger partial charge in [0.05, 0.1) is 12.2 Å². The Bertz CT molecular complexity index is 784. The molecular weight excluding hydrogens is 340 g/mol. The van der Waals surface area contributed by atoms with E-state index >= 15 is 0 Å². The monoisotopic (exact) mass is 372 g/mol. The third-order valence-electron chi connectivity index (χ3n) is 5.46. The van der Waals surface area contributed by atoms with E-state index < -0.39 is 12.2 Å². The zero-order chi connectivity index (χ0) is 19.4. The lowest BCUT2D eigenvalue weighted by Gasteiger charge is -2.26. The molecule has 0 amide bonds. The molecule has 0 fully saturated rings. The van der Waals surface area contributed by atoms with Crippen molar-refractivity contribution in [2.75, 3.05) is 13.2 Å². The van der Waals surface area contributed by atoms with Crippen molar-refractivity contribution in [3.8, 4) is 11.5 Å². The van der Waals surface area contributed by atoms with Gasteiger partial charge in [-0.15, -0.1) is 0 Å². The van der Waals surface area contributed by atoms with Gasteiger partial charge in [0.25, 0.3) is 0 Å². The third-order valence-corrected chi connectivity index (χ3v) is 5.46. The molecule has 2 aromatic carbocycles. The minimum atomic E-state index is -0.459. The molecule has 0 saturated carbocycles. The van der Waals surface area contributed by atoms with Crippen LogP contribution in [0, 0.1) is 6.92 Å². The summed E-state index contributed by atoms with van der Waals surface area (Å²) in [7, 11) is 0. The normalized spacial score (nSPS) is 16.0. The fourth-order valence-electron chi connectivity index (χ4n) is 3.70. The summed E-state index contributed by atoms with van der Waals surface area (Å²) < 4.78 is 12.3. The lowest BCUT2D eigenvalue weighted by Crippen LogP contribution is -2.20. The Kier molecular flexibility index (Phi) is 6.61. The maximum absolute atomic E-state index is 10.00. The standard InChI is InChI=1S/C23H32O4/c1-4-16(24)13-26-22-18-8-6-7-9-19(18)23(27-14-17(25)5-2)21-12-15(3)10-11-20(21)22/h10-12,16-17,24-25H,4-9,13-14H2,1-3H3. The minimum absolute atomic E-state index is 0.306. The molecule has 0 radical (unpaired) electrons. The topological polar surface area (TPSA) is 58.9 Å². The van der Waals surface area contributed by atoms with E-state index in [9.17, 15) is 10.2 Å². The van der Waals surface area contributed by atoms with Gasteiger partial charge in [-0.1, -0.05) is 31.5 Å².